The number of fused-ring (bicyclic) bond motifs is 1. The van der Waals surface area contributed by atoms with Gasteiger partial charge in [0.15, 0.2) is 4.96 Å². The molecule has 10 heteroatoms. The van der Waals surface area contributed by atoms with Gasteiger partial charge in [-0.25, -0.2) is 13.4 Å². The van der Waals surface area contributed by atoms with Gasteiger partial charge in [0.1, 0.15) is 0 Å². The Balaban J connectivity index is 1.99. The van der Waals surface area contributed by atoms with Crippen LogP contribution in [0, 0.1) is 0 Å². The molecule has 0 bridgehead atoms. The van der Waals surface area contributed by atoms with Crippen molar-refractivity contribution in [3.63, 3.8) is 0 Å². The van der Waals surface area contributed by atoms with Gasteiger partial charge in [0.2, 0.25) is 10.0 Å². The Morgan fingerprint density at radius 3 is 2.42 bits per heavy atom. The molecule has 168 valence electrons. The maximum atomic E-state index is 13.0. The third-order valence-corrected chi connectivity index (χ3v) is 8.03. The second-order valence-electron chi connectivity index (χ2n) is 6.94. The Hall–Kier alpha value is -2.43. The molecule has 0 radical (unpaired) electrons. The van der Waals surface area contributed by atoms with Crippen molar-refractivity contribution in [2.45, 2.75) is 39.1 Å². The number of aromatic nitrogens is 2. The lowest BCUT2D eigenvalue weighted by Crippen LogP contribution is -2.31. The van der Waals surface area contributed by atoms with E-state index in [4.69, 9.17) is 0 Å². The number of nitrogens with zero attached hydrogens (tertiary/aromatic N) is 4. The number of thiazole rings is 1. The van der Waals surface area contributed by atoms with Crippen LogP contribution in [-0.4, -0.2) is 48.3 Å². The van der Waals surface area contributed by atoms with Crippen LogP contribution < -0.4 is 15.8 Å². The minimum atomic E-state index is -3.58. The molecule has 1 N–H and O–H groups in total. The minimum Gasteiger partial charge on any atom is -0.378 e. The molecule has 3 aromatic rings. The molecule has 0 aliphatic heterocycles. The molecule has 0 unspecified atom stereocenters. The van der Waals surface area contributed by atoms with Gasteiger partial charge in [0.25, 0.3) is 5.56 Å². The lowest BCUT2D eigenvalue weighted by Gasteiger charge is -2.26. The molecule has 0 saturated heterocycles. The van der Waals surface area contributed by atoms with Crippen LogP contribution in [0.15, 0.2) is 45.5 Å². The number of anilines is 2. The highest BCUT2D eigenvalue weighted by Crippen LogP contribution is 2.30. The van der Waals surface area contributed by atoms with Gasteiger partial charge in [-0.2, -0.15) is 4.31 Å². The number of sulfonamides is 1. The zero-order valence-electron chi connectivity index (χ0n) is 18.3. The lowest BCUT2D eigenvalue weighted by molar-refractivity contribution is 0.445. The monoisotopic (exact) mass is 463 g/mol. The molecule has 3 rings (SSSR count). The predicted octanol–water partition coefficient (Wildman–Crippen LogP) is 3.24. The molecule has 1 aromatic carbocycles. The summed E-state index contributed by atoms with van der Waals surface area (Å²) in [5.74, 6) is 0. The highest BCUT2D eigenvalue weighted by molar-refractivity contribution is 7.89. The van der Waals surface area contributed by atoms with Crippen molar-refractivity contribution in [1.82, 2.24) is 13.7 Å². The van der Waals surface area contributed by atoms with Gasteiger partial charge in [-0.15, -0.1) is 11.3 Å². The number of nitrogens with one attached hydrogen (secondary N) is 1. The minimum absolute atomic E-state index is 0.134. The maximum absolute atomic E-state index is 13.0. The van der Waals surface area contributed by atoms with Crippen LogP contribution >= 0.6 is 11.3 Å². The van der Waals surface area contributed by atoms with Crippen molar-refractivity contribution in [3.8, 4) is 0 Å². The first kappa shape index (κ1) is 23.2. The fourth-order valence-corrected chi connectivity index (χ4v) is 5.76. The largest absolute Gasteiger partial charge is 0.378 e. The first-order valence-corrected chi connectivity index (χ1v) is 12.8. The summed E-state index contributed by atoms with van der Waals surface area (Å²) >= 11 is 1.40. The smallest absolute Gasteiger partial charge is 0.258 e. The zero-order valence-corrected chi connectivity index (χ0v) is 20.0. The van der Waals surface area contributed by atoms with Crippen LogP contribution in [0.1, 0.15) is 33.4 Å². The SMILES string of the molecule is CCN(CC)c1ccc(S(=O)(=O)N(CC)CC)cc1NCc1cc(=O)n2ccsc2n1. The summed E-state index contributed by atoms with van der Waals surface area (Å²) < 4.78 is 29.0. The van der Waals surface area contributed by atoms with Crippen molar-refractivity contribution < 1.29 is 8.42 Å². The van der Waals surface area contributed by atoms with E-state index in [1.807, 2.05) is 25.3 Å². The highest BCUT2D eigenvalue weighted by atomic mass is 32.2. The topological polar surface area (TPSA) is 87.0 Å². The average molecular weight is 464 g/mol. The van der Waals surface area contributed by atoms with Gasteiger partial charge < -0.3 is 10.2 Å². The summed E-state index contributed by atoms with van der Waals surface area (Å²) in [6.07, 6.45) is 1.70. The average Bonchev–Trinajstić information content (AvgIpc) is 3.23. The molecule has 31 heavy (non-hydrogen) atoms. The summed E-state index contributed by atoms with van der Waals surface area (Å²) in [4.78, 5) is 19.8. The normalized spacial score (nSPS) is 11.9. The van der Waals surface area contributed by atoms with E-state index in [9.17, 15) is 13.2 Å². The van der Waals surface area contributed by atoms with E-state index in [0.717, 1.165) is 18.8 Å². The Morgan fingerprint density at radius 1 is 1.06 bits per heavy atom. The Morgan fingerprint density at radius 2 is 1.77 bits per heavy atom. The summed E-state index contributed by atoms with van der Waals surface area (Å²) in [6, 6.07) is 6.68. The molecule has 2 aromatic heterocycles. The van der Waals surface area contributed by atoms with Gasteiger partial charge in [-0.3, -0.25) is 9.20 Å². The van der Waals surface area contributed by atoms with E-state index in [-0.39, 0.29) is 10.5 Å². The Labute approximate surface area is 187 Å². The van der Waals surface area contributed by atoms with E-state index in [0.29, 0.717) is 36.0 Å². The van der Waals surface area contributed by atoms with Crippen molar-refractivity contribution in [2.75, 3.05) is 36.4 Å². The lowest BCUT2D eigenvalue weighted by atomic mass is 10.2. The Bertz CT molecular complexity index is 1200. The molecule has 0 aliphatic carbocycles. The quantitative estimate of drug-likeness (QED) is 0.497. The molecule has 0 aliphatic rings. The molecular weight excluding hydrogens is 434 g/mol. The summed E-state index contributed by atoms with van der Waals surface area (Å²) in [5, 5.41) is 5.14. The molecule has 2 heterocycles. The van der Waals surface area contributed by atoms with E-state index in [2.05, 4.69) is 29.0 Å². The van der Waals surface area contributed by atoms with Crippen LogP contribution in [0.2, 0.25) is 0 Å². The molecular formula is C21H29N5O3S2. The van der Waals surface area contributed by atoms with E-state index in [1.165, 1.54) is 26.1 Å². The second-order valence-corrected chi connectivity index (χ2v) is 9.75. The highest BCUT2D eigenvalue weighted by Gasteiger charge is 2.23. The molecule has 0 saturated carbocycles. The van der Waals surface area contributed by atoms with E-state index >= 15 is 0 Å². The van der Waals surface area contributed by atoms with Gasteiger partial charge in [-0.05, 0) is 32.0 Å². The Kier molecular flexibility index (Phi) is 7.34. The van der Waals surface area contributed by atoms with Crippen molar-refractivity contribution in [3.05, 3.63) is 51.9 Å². The van der Waals surface area contributed by atoms with Crippen LogP contribution in [0.5, 0.6) is 0 Å². The molecule has 0 fully saturated rings. The molecule has 8 nitrogen and oxygen atoms in total. The number of hydrogen-bond acceptors (Lipinski definition) is 7. The van der Waals surface area contributed by atoms with Gasteiger partial charge >= 0.3 is 0 Å². The predicted molar refractivity (Wildman–Crippen MR) is 127 cm³/mol. The maximum Gasteiger partial charge on any atom is 0.258 e. The van der Waals surface area contributed by atoms with Gasteiger partial charge in [0, 0.05) is 43.8 Å². The van der Waals surface area contributed by atoms with E-state index in [1.54, 1.807) is 18.3 Å². The van der Waals surface area contributed by atoms with Crippen molar-refractivity contribution in [2.24, 2.45) is 0 Å². The zero-order chi connectivity index (χ0) is 22.6. The fourth-order valence-electron chi connectivity index (χ4n) is 3.53. The summed E-state index contributed by atoms with van der Waals surface area (Å²) in [6.45, 7) is 10.5. The van der Waals surface area contributed by atoms with E-state index < -0.39 is 10.0 Å². The summed E-state index contributed by atoms with van der Waals surface area (Å²) in [7, 11) is -3.58. The third kappa shape index (κ3) is 4.76. The van der Waals surface area contributed by atoms with Crippen LogP contribution in [0.3, 0.4) is 0 Å². The van der Waals surface area contributed by atoms with Crippen molar-refractivity contribution in [1.29, 1.82) is 0 Å². The van der Waals surface area contributed by atoms with Crippen LogP contribution in [0.4, 0.5) is 11.4 Å². The van der Waals surface area contributed by atoms with Crippen LogP contribution in [-0.2, 0) is 16.6 Å². The van der Waals surface area contributed by atoms with Crippen molar-refractivity contribution >= 4 is 37.7 Å². The standard InChI is InChI=1S/C21H29N5O3S2/c1-5-24(6-2)19-10-9-17(31(28,29)25(7-3)8-4)14-18(19)22-15-16-13-20(27)26-11-12-30-21(26)23-16/h9-14,22H,5-8,15H2,1-4H3. The molecule has 0 amide bonds. The first-order valence-electron chi connectivity index (χ1n) is 10.4. The fraction of sp³-hybridized carbons (Fsp3) is 0.429. The second kappa shape index (κ2) is 9.80. The van der Waals surface area contributed by atoms with Gasteiger partial charge in [0.05, 0.1) is 28.5 Å². The van der Waals surface area contributed by atoms with Crippen LogP contribution in [0.25, 0.3) is 4.96 Å². The number of rotatable bonds is 10. The van der Waals surface area contributed by atoms with Gasteiger partial charge in [-0.1, -0.05) is 13.8 Å². The third-order valence-electron chi connectivity index (χ3n) is 5.23. The number of hydrogen-bond donors (Lipinski definition) is 1. The summed E-state index contributed by atoms with van der Waals surface area (Å²) in [5.41, 5.74) is 2.09. The first-order chi connectivity index (χ1) is 14.8. The molecule has 0 spiro atoms. The molecule has 0 atom stereocenters. The number of benzene rings is 1.